The molecule has 7 aromatic rings. The Balaban J connectivity index is 1.23. The summed E-state index contributed by atoms with van der Waals surface area (Å²) in [6.07, 6.45) is 0. The molecule has 218 valence electrons. The Hall–Kier alpha value is -5.62. The molecule has 0 radical (unpaired) electrons. The van der Waals surface area contributed by atoms with Gasteiger partial charge >= 0.3 is 5.69 Å². The van der Waals surface area contributed by atoms with E-state index < -0.39 is 0 Å². The van der Waals surface area contributed by atoms with Crippen LogP contribution in [-0.4, -0.2) is 24.1 Å². The molecule has 0 atom stereocenters. The molecule has 0 fully saturated rings. The number of fused-ring (bicyclic) bond motifs is 4. The van der Waals surface area contributed by atoms with Crippen LogP contribution in [0.5, 0.6) is 0 Å². The zero-order chi connectivity index (χ0) is 30.9. The molecule has 45 heavy (non-hydrogen) atoms. The second kappa shape index (κ2) is 9.96. The predicted molar refractivity (Wildman–Crippen MR) is 181 cm³/mol. The number of hydrogen-bond acceptors (Lipinski definition) is 4. The van der Waals surface area contributed by atoms with Crippen molar-refractivity contribution in [3.05, 3.63) is 137 Å². The normalized spacial score (nSPS) is 13.2. The molecule has 1 aliphatic carbocycles. The van der Waals surface area contributed by atoms with Gasteiger partial charge in [0, 0.05) is 36.2 Å². The van der Waals surface area contributed by atoms with Gasteiger partial charge in [0.15, 0.2) is 17.5 Å². The third kappa shape index (κ3) is 4.25. The molecule has 6 heteroatoms. The first-order valence-corrected chi connectivity index (χ1v) is 15.1. The van der Waals surface area contributed by atoms with Crippen LogP contribution in [0.1, 0.15) is 25.0 Å². The first-order chi connectivity index (χ1) is 21.8. The van der Waals surface area contributed by atoms with Crippen LogP contribution in [0.4, 0.5) is 0 Å². The van der Waals surface area contributed by atoms with Crippen LogP contribution in [0.3, 0.4) is 0 Å². The number of imidazole rings is 1. The Morgan fingerprint density at radius 1 is 0.489 bits per heavy atom. The zero-order valence-corrected chi connectivity index (χ0v) is 25.6. The molecule has 0 spiro atoms. The molecule has 5 aromatic carbocycles. The van der Waals surface area contributed by atoms with E-state index in [2.05, 4.69) is 92.7 Å². The number of aryl methyl sites for hydroxylation is 2. The average molecular weight is 586 g/mol. The molecule has 8 rings (SSSR count). The van der Waals surface area contributed by atoms with Gasteiger partial charge in [0.05, 0.1) is 11.0 Å². The molecule has 0 aliphatic heterocycles. The summed E-state index contributed by atoms with van der Waals surface area (Å²) >= 11 is 0. The van der Waals surface area contributed by atoms with E-state index in [-0.39, 0.29) is 11.1 Å². The molecule has 2 heterocycles. The van der Waals surface area contributed by atoms with Crippen LogP contribution in [0, 0.1) is 0 Å². The second-order valence-electron chi connectivity index (χ2n) is 12.3. The fourth-order valence-electron chi connectivity index (χ4n) is 6.71. The molecule has 0 N–H and O–H groups in total. The van der Waals surface area contributed by atoms with Crippen LogP contribution in [0.25, 0.3) is 67.5 Å². The molecule has 1 aliphatic rings. The maximum Gasteiger partial charge on any atom is 0.328 e. The summed E-state index contributed by atoms with van der Waals surface area (Å²) < 4.78 is 3.36. The lowest BCUT2D eigenvalue weighted by atomic mass is 9.82. The van der Waals surface area contributed by atoms with E-state index in [0.29, 0.717) is 17.5 Å². The Morgan fingerprint density at radius 2 is 1.02 bits per heavy atom. The summed E-state index contributed by atoms with van der Waals surface area (Å²) in [5, 5.41) is 0. The number of nitrogens with zero attached hydrogens (tertiary/aromatic N) is 5. The largest absolute Gasteiger partial charge is 0.328 e. The third-order valence-corrected chi connectivity index (χ3v) is 9.26. The molecular weight excluding hydrogens is 554 g/mol. The van der Waals surface area contributed by atoms with Gasteiger partial charge < -0.3 is 0 Å². The van der Waals surface area contributed by atoms with Gasteiger partial charge in [0.1, 0.15) is 0 Å². The van der Waals surface area contributed by atoms with Crippen LogP contribution in [0.15, 0.2) is 120 Å². The summed E-state index contributed by atoms with van der Waals surface area (Å²) in [5.74, 6) is 1.90. The fraction of sp³-hybridized carbons (Fsp3) is 0.128. The van der Waals surface area contributed by atoms with Crippen molar-refractivity contribution >= 4 is 11.0 Å². The highest BCUT2D eigenvalue weighted by Crippen LogP contribution is 2.49. The van der Waals surface area contributed by atoms with Gasteiger partial charge in [-0.05, 0) is 51.6 Å². The molecular formula is C39H31N5O. The summed E-state index contributed by atoms with van der Waals surface area (Å²) in [6.45, 7) is 4.57. The van der Waals surface area contributed by atoms with Gasteiger partial charge in [-0.2, -0.15) is 0 Å². The number of aromatic nitrogens is 5. The minimum atomic E-state index is -0.0641. The van der Waals surface area contributed by atoms with E-state index in [1.165, 1.54) is 22.3 Å². The van der Waals surface area contributed by atoms with E-state index in [9.17, 15) is 4.79 Å². The molecule has 0 saturated carbocycles. The highest BCUT2D eigenvalue weighted by atomic mass is 16.1. The van der Waals surface area contributed by atoms with Gasteiger partial charge in [-0.25, -0.2) is 19.7 Å². The molecule has 2 aromatic heterocycles. The Morgan fingerprint density at radius 3 is 1.76 bits per heavy atom. The highest BCUT2D eigenvalue weighted by Gasteiger charge is 2.35. The van der Waals surface area contributed by atoms with Gasteiger partial charge in [-0.15, -0.1) is 0 Å². The summed E-state index contributed by atoms with van der Waals surface area (Å²) in [7, 11) is 3.61. The van der Waals surface area contributed by atoms with Crippen molar-refractivity contribution < 1.29 is 0 Å². The van der Waals surface area contributed by atoms with Crippen molar-refractivity contribution in [2.45, 2.75) is 19.3 Å². The van der Waals surface area contributed by atoms with Gasteiger partial charge in [0.2, 0.25) is 0 Å². The van der Waals surface area contributed by atoms with E-state index >= 15 is 0 Å². The van der Waals surface area contributed by atoms with E-state index in [0.717, 1.165) is 38.9 Å². The van der Waals surface area contributed by atoms with E-state index in [1.807, 2.05) is 36.4 Å². The highest BCUT2D eigenvalue weighted by molar-refractivity contribution is 5.85. The lowest BCUT2D eigenvalue weighted by Gasteiger charge is -2.21. The van der Waals surface area contributed by atoms with Gasteiger partial charge in [0.25, 0.3) is 0 Å². The monoisotopic (exact) mass is 585 g/mol. The van der Waals surface area contributed by atoms with Crippen LogP contribution >= 0.6 is 0 Å². The number of hydrogen-bond donors (Lipinski definition) is 0. The van der Waals surface area contributed by atoms with Crippen molar-refractivity contribution in [2.24, 2.45) is 14.1 Å². The third-order valence-electron chi connectivity index (χ3n) is 9.26. The Kier molecular flexibility index (Phi) is 5.97. The standard InChI is InChI=1S/C39H31N5O/c1-39(2)31-13-9-8-12-29(31)30-22-28(18-20-32(30)39)37-41-35(25-10-6-5-7-11-25)40-36(42-37)26-16-14-24(15-17-26)27-19-21-33-34(23-27)44(4)38(45)43(33)3/h5-23H,1-4H3. The zero-order valence-electron chi connectivity index (χ0n) is 25.6. The maximum atomic E-state index is 12.4. The molecule has 0 amide bonds. The second-order valence-corrected chi connectivity index (χ2v) is 12.3. The fourth-order valence-corrected chi connectivity index (χ4v) is 6.71. The van der Waals surface area contributed by atoms with Crippen LogP contribution in [-0.2, 0) is 19.5 Å². The SMILES string of the molecule is Cn1c(=O)n(C)c2cc(-c3ccc(-c4nc(-c5ccccc5)nc(-c5ccc6c(c5)-c5ccccc5C6(C)C)n4)cc3)ccc21. The van der Waals surface area contributed by atoms with Crippen molar-refractivity contribution in [2.75, 3.05) is 0 Å². The van der Waals surface area contributed by atoms with Crippen molar-refractivity contribution in [3.8, 4) is 56.4 Å². The lowest BCUT2D eigenvalue weighted by molar-refractivity contribution is 0.660. The van der Waals surface area contributed by atoms with Crippen LogP contribution < -0.4 is 5.69 Å². The minimum absolute atomic E-state index is 0.0337. The number of rotatable bonds is 4. The molecule has 6 nitrogen and oxygen atoms in total. The smallest absolute Gasteiger partial charge is 0.295 e. The molecule has 0 saturated heterocycles. The molecule has 0 bridgehead atoms. The first kappa shape index (κ1) is 27.0. The average Bonchev–Trinajstić information content (AvgIpc) is 3.45. The van der Waals surface area contributed by atoms with Crippen molar-refractivity contribution in [1.82, 2.24) is 24.1 Å². The quantitative estimate of drug-likeness (QED) is 0.210. The minimum Gasteiger partial charge on any atom is -0.295 e. The van der Waals surface area contributed by atoms with Crippen molar-refractivity contribution in [3.63, 3.8) is 0 Å². The predicted octanol–water partition coefficient (Wildman–Crippen LogP) is 8.04. The lowest BCUT2D eigenvalue weighted by Crippen LogP contribution is -2.19. The Labute approximate surface area is 261 Å². The molecule has 0 unspecified atom stereocenters. The summed E-state index contributed by atoms with van der Waals surface area (Å²) in [6, 6.07) is 39.7. The van der Waals surface area contributed by atoms with Gasteiger partial charge in [-0.3, -0.25) is 9.13 Å². The van der Waals surface area contributed by atoms with Crippen molar-refractivity contribution in [1.29, 1.82) is 0 Å². The first-order valence-electron chi connectivity index (χ1n) is 15.1. The Bertz CT molecular complexity index is 2330. The van der Waals surface area contributed by atoms with E-state index in [1.54, 1.807) is 23.2 Å². The summed E-state index contributed by atoms with van der Waals surface area (Å²) in [4.78, 5) is 27.4. The van der Waals surface area contributed by atoms with Gasteiger partial charge in [-0.1, -0.05) is 111 Å². The topological polar surface area (TPSA) is 65.6 Å². The van der Waals surface area contributed by atoms with Crippen LogP contribution in [0.2, 0.25) is 0 Å². The summed E-state index contributed by atoms with van der Waals surface area (Å²) in [5.41, 5.74) is 11.8. The number of benzene rings is 5. The van der Waals surface area contributed by atoms with E-state index in [4.69, 9.17) is 15.0 Å². The maximum absolute atomic E-state index is 12.4.